The molecule has 18 heavy (non-hydrogen) atoms. The molecule has 1 atom stereocenters. The van der Waals surface area contributed by atoms with Crippen LogP contribution in [0.2, 0.25) is 5.02 Å². The van der Waals surface area contributed by atoms with Crippen molar-refractivity contribution in [3.63, 3.8) is 0 Å². The molecule has 1 aliphatic rings. The van der Waals surface area contributed by atoms with Crippen molar-refractivity contribution in [3.8, 4) is 0 Å². The summed E-state index contributed by atoms with van der Waals surface area (Å²) in [6.07, 6.45) is 4.15. The maximum atomic E-state index is 11.6. The van der Waals surface area contributed by atoms with Gasteiger partial charge in [0.15, 0.2) is 0 Å². The topological polar surface area (TPSA) is 50.2 Å². The van der Waals surface area contributed by atoms with E-state index in [1.165, 1.54) is 17.5 Å². The van der Waals surface area contributed by atoms with Gasteiger partial charge in [0.1, 0.15) is 5.02 Å². The number of anilines is 1. The molecule has 0 aromatic carbocycles. The highest BCUT2D eigenvalue weighted by molar-refractivity contribution is 6.32. The van der Waals surface area contributed by atoms with Crippen LogP contribution in [0.3, 0.4) is 0 Å². The molecule has 6 heteroatoms. The number of likely N-dealkylation sites (tertiary alicyclic amines) is 1. The van der Waals surface area contributed by atoms with Crippen LogP contribution < -0.4 is 10.9 Å². The zero-order valence-electron chi connectivity index (χ0n) is 10.8. The summed E-state index contributed by atoms with van der Waals surface area (Å²) in [5.74, 6) is 0. The molecule has 0 radical (unpaired) electrons. The average molecular weight is 271 g/mol. The second kappa shape index (κ2) is 5.71. The first-order valence-corrected chi connectivity index (χ1v) is 6.67. The van der Waals surface area contributed by atoms with E-state index in [-0.39, 0.29) is 10.6 Å². The molecule has 0 bridgehead atoms. The minimum atomic E-state index is -0.268. The highest BCUT2D eigenvalue weighted by Crippen LogP contribution is 2.16. The van der Waals surface area contributed by atoms with Crippen LogP contribution in [0.5, 0.6) is 0 Å². The van der Waals surface area contributed by atoms with Gasteiger partial charge in [0.2, 0.25) is 0 Å². The Hall–Kier alpha value is -1.07. The normalized spacial score (nSPS) is 17.9. The lowest BCUT2D eigenvalue weighted by Gasteiger charge is -2.24. The van der Waals surface area contributed by atoms with Gasteiger partial charge in [0.05, 0.1) is 11.9 Å². The molecule has 1 aromatic heterocycles. The lowest BCUT2D eigenvalue weighted by molar-refractivity contribution is 0.269. The molecule has 2 rings (SSSR count). The number of nitrogens with zero attached hydrogens (tertiary/aromatic N) is 3. The Morgan fingerprint density at radius 3 is 2.83 bits per heavy atom. The van der Waals surface area contributed by atoms with Crippen LogP contribution in [0.4, 0.5) is 5.69 Å². The van der Waals surface area contributed by atoms with Crippen molar-refractivity contribution in [1.29, 1.82) is 0 Å². The summed E-state index contributed by atoms with van der Waals surface area (Å²) in [6, 6.07) is 0.438. The molecule has 1 aromatic rings. The van der Waals surface area contributed by atoms with E-state index in [1.807, 2.05) is 0 Å². The average Bonchev–Trinajstić information content (AvgIpc) is 2.89. The first-order valence-electron chi connectivity index (χ1n) is 6.29. The molecule has 1 aliphatic heterocycles. The Morgan fingerprint density at radius 2 is 2.17 bits per heavy atom. The van der Waals surface area contributed by atoms with E-state index in [0.29, 0.717) is 11.7 Å². The van der Waals surface area contributed by atoms with E-state index in [1.54, 1.807) is 13.2 Å². The SMILES string of the molecule is CC(CNc1cnn(C)c(=O)c1Cl)N1CCCC1. The van der Waals surface area contributed by atoms with Gasteiger partial charge in [0, 0.05) is 19.6 Å². The predicted octanol–water partition coefficient (Wildman–Crippen LogP) is 1.33. The quantitative estimate of drug-likeness (QED) is 0.897. The van der Waals surface area contributed by atoms with Crippen LogP contribution in [0.15, 0.2) is 11.0 Å². The summed E-state index contributed by atoms with van der Waals surface area (Å²) < 4.78 is 1.23. The van der Waals surface area contributed by atoms with Crippen LogP contribution in [-0.2, 0) is 7.05 Å². The zero-order chi connectivity index (χ0) is 13.1. The summed E-state index contributed by atoms with van der Waals surface area (Å²) >= 11 is 5.99. The molecule has 0 saturated carbocycles. The standard InChI is InChI=1S/C12H19ClN4O/c1-9(17-5-3-4-6-17)7-14-10-8-15-16(2)12(18)11(10)13/h8-9,14H,3-7H2,1-2H3. The molecule has 1 saturated heterocycles. The molecule has 2 heterocycles. The van der Waals surface area contributed by atoms with Gasteiger partial charge in [-0.25, -0.2) is 4.68 Å². The highest BCUT2D eigenvalue weighted by atomic mass is 35.5. The van der Waals surface area contributed by atoms with Gasteiger partial charge in [-0.3, -0.25) is 9.69 Å². The van der Waals surface area contributed by atoms with Gasteiger partial charge < -0.3 is 5.32 Å². The van der Waals surface area contributed by atoms with Crippen molar-refractivity contribution in [2.75, 3.05) is 25.0 Å². The number of hydrogen-bond acceptors (Lipinski definition) is 4. The molecule has 0 aliphatic carbocycles. The number of aromatic nitrogens is 2. The molecule has 1 unspecified atom stereocenters. The predicted molar refractivity (Wildman–Crippen MR) is 73.2 cm³/mol. The van der Waals surface area contributed by atoms with Gasteiger partial charge in [0.25, 0.3) is 5.56 Å². The van der Waals surface area contributed by atoms with Crippen LogP contribution in [-0.4, -0.2) is 40.4 Å². The van der Waals surface area contributed by atoms with Gasteiger partial charge in [-0.2, -0.15) is 5.10 Å². The fourth-order valence-corrected chi connectivity index (χ4v) is 2.44. The van der Waals surface area contributed by atoms with Crippen molar-refractivity contribution in [2.45, 2.75) is 25.8 Å². The zero-order valence-corrected chi connectivity index (χ0v) is 11.6. The Bertz CT molecular complexity index is 468. The summed E-state index contributed by atoms with van der Waals surface area (Å²) in [4.78, 5) is 14.0. The molecule has 0 spiro atoms. The van der Waals surface area contributed by atoms with E-state index in [2.05, 4.69) is 22.2 Å². The van der Waals surface area contributed by atoms with Gasteiger partial charge in [-0.15, -0.1) is 0 Å². The maximum absolute atomic E-state index is 11.6. The molecule has 0 amide bonds. The molecule has 100 valence electrons. The number of hydrogen-bond donors (Lipinski definition) is 1. The second-order valence-corrected chi connectivity index (χ2v) is 5.15. The van der Waals surface area contributed by atoms with Crippen molar-refractivity contribution in [1.82, 2.24) is 14.7 Å². The lowest BCUT2D eigenvalue weighted by atomic mass is 10.3. The largest absolute Gasteiger partial charge is 0.381 e. The Kier molecular flexibility index (Phi) is 4.24. The number of halogens is 1. The number of rotatable bonds is 4. The summed E-state index contributed by atoms with van der Waals surface area (Å²) in [6.45, 7) is 5.27. The van der Waals surface area contributed by atoms with E-state index in [9.17, 15) is 4.79 Å². The van der Waals surface area contributed by atoms with Crippen molar-refractivity contribution >= 4 is 17.3 Å². The summed E-state index contributed by atoms with van der Waals surface area (Å²) in [5, 5.41) is 7.38. The Morgan fingerprint density at radius 1 is 1.50 bits per heavy atom. The first-order chi connectivity index (χ1) is 8.59. The number of nitrogens with one attached hydrogen (secondary N) is 1. The van der Waals surface area contributed by atoms with Crippen molar-refractivity contribution < 1.29 is 0 Å². The lowest BCUT2D eigenvalue weighted by Crippen LogP contribution is -2.36. The van der Waals surface area contributed by atoms with Crippen molar-refractivity contribution in [2.24, 2.45) is 7.05 Å². The van der Waals surface area contributed by atoms with E-state index >= 15 is 0 Å². The minimum absolute atomic E-state index is 0.209. The first kappa shape index (κ1) is 13.4. The van der Waals surface area contributed by atoms with E-state index in [0.717, 1.165) is 19.6 Å². The van der Waals surface area contributed by atoms with Crippen LogP contribution in [0, 0.1) is 0 Å². The fourth-order valence-electron chi connectivity index (χ4n) is 2.20. The van der Waals surface area contributed by atoms with Crippen LogP contribution in [0.1, 0.15) is 19.8 Å². The Balaban J connectivity index is 1.97. The van der Waals surface area contributed by atoms with Crippen LogP contribution >= 0.6 is 11.6 Å². The highest BCUT2D eigenvalue weighted by Gasteiger charge is 2.18. The second-order valence-electron chi connectivity index (χ2n) is 4.77. The van der Waals surface area contributed by atoms with E-state index in [4.69, 9.17) is 11.6 Å². The fraction of sp³-hybridized carbons (Fsp3) is 0.667. The molecule has 1 N–H and O–H groups in total. The molecule has 1 fully saturated rings. The summed E-state index contributed by atoms with van der Waals surface area (Å²) in [5.41, 5.74) is 0.348. The third-order valence-corrected chi connectivity index (χ3v) is 3.80. The molecule has 5 nitrogen and oxygen atoms in total. The van der Waals surface area contributed by atoms with Crippen LogP contribution in [0.25, 0.3) is 0 Å². The molecular weight excluding hydrogens is 252 g/mol. The van der Waals surface area contributed by atoms with Gasteiger partial charge in [-0.05, 0) is 32.9 Å². The smallest absolute Gasteiger partial charge is 0.287 e. The minimum Gasteiger partial charge on any atom is -0.381 e. The molecular formula is C12H19ClN4O. The Labute approximate surface area is 112 Å². The third kappa shape index (κ3) is 2.84. The van der Waals surface area contributed by atoms with Gasteiger partial charge in [-0.1, -0.05) is 11.6 Å². The summed E-state index contributed by atoms with van der Waals surface area (Å²) in [7, 11) is 1.59. The monoisotopic (exact) mass is 270 g/mol. The maximum Gasteiger partial charge on any atom is 0.287 e. The third-order valence-electron chi connectivity index (χ3n) is 3.43. The van der Waals surface area contributed by atoms with Gasteiger partial charge >= 0.3 is 0 Å². The van der Waals surface area contributed by atoms with E-state index < -0.39 is 0 Å². The van der Waals surface area contributed by atoms with Crippen molar-refractivity contribution in [3.05, 3.63) is 21.6 Å². The number of aryl methyl sites for hydroxylation is 1.